The predicted octanol–water partition coefficient (Wildman–Crippen LogP) is 3.76. The zero-order valence-corrected chi connectivity index (χ0v) is 10.8. The summed E-state index contributed by atoms with van der Waals surface area (Å²) < 4.78 is 0. The van der Waals surface area contributed by atoms with E-state index in [-0.39, 0.29) is 5.69 Å². The molecule has 0 aliphatic heterocycles. The van der Waals surface area contributed by atoms with E-state index in [4.69, 9.17) is 5.26 Å². The monoisotopic (exact) mass is 270 g/mol. The van der Waals surface area contributed by atoms with Crippen LogP contribution in [0.5, 0.6) is 0 Å². The van der Waals surface area contributed by atoms with Crippen LogP contribution >= 0.6 is 11.8 Å². The molecule has 0 aliphatic carbocycles. The fraction of sp³-hybridized carbons (Fsp3) is 0.0714. The molecule has 0 saturated carbocycles. The maximum absolute atomic E-state index is 10.5. The van der Waals surface area contributed by atoms with E-state index in [1.807, 2.05) is 18.2 Å². The molecular formula is C14H10N2O2S. The lowest BCUT2D eigenvalue weighted by Gasteiger charge is -2.03. The van der Waals surface area contributed by atoms with Crippen LogP contribution in [0.15, 0.2) is 53.4 Å². The number of nitro benzene ring substituents is 1. The first kappa shape index (κ1) is 13.1. The number of benzene rings is 2. The van der Waals surface area contributed by atoms with Crippen LogP contribution in [-0.4, -0.2) is 4.92 Å². The molecule has 0 heterocycles. The van der Waals surface area contributed by atoms with Gasteiger partial charge in [-0.05, 0) is 23.8 Å². The first-order chi connectivity index (χ1) is 9.20. The second-order valence-corrected chi connectivity index (χ2v) is 4.86. The molecule has 94 valence electrons. The molecule has 4 nitrogen and oxygen atoms in total. The summed E-state index contributed by atoms with van der Waals surface area (Å²) in [5, 5.41) is 19.5. The zero-order chi connectivity index (χ0) is 13.7. The molecule has 0 spiro atoms. The van der Waals surface area contributed by atoms with E-state index >= 15 is 0 Å². The lowest BCUT2D eigenvalue weighted by molar-refractivity contribution is -0.384. The molecule has 2 rings (SSSR count). The fourth-order valence-corrected chi connectivity index (χ4v) is 2.48. The smallest absolute Gasteiger partial charge is 0.258 e. The third-order valence-corrected chi connectivity index (χ3v) is 3.64. The first-order valence-corrected chi connectivity index (χ1v) is 6.54. The molecule has 0 unspecified atom stereocenters. The van der Waals surface area contributed by atoms with Gasteiger partial charge in [0.2, 0.25) is 0 Å². The summed E-state index contributed by atoms with van der Waals surface area (Å²) in [6.45, 7) is 0. The largest absolute Gasteiger partial charge is 0.269 e. The summed E-state index contributed by atoms with van der Waals surface area (Å²) in [4.78, 5) is 11.1. The molecule has 0 aliphatic rings. The maximum atomic E-state index is 10.5. The van der Waals surface area contributed by atoms with Gasteiger partial charge < -0.3 is 0 Å². The average Bonchev–Trinajstić information content (AvgIpc) is 2.45. The van der Waals surface area contributed by atoms with Gasteiger partial charge in [-0.1, -0.05) is 18.2 Å². The quantitative estimate of drug-likeness (QED) is 0.482. The van der Waals surface area contributed by atoms with Gasteiger partial charge in [0.1, 0.15) is 0 Å². The Morgan fingerprint density at radius 3 is 2.47 bits per heavy atom. The Morgan fingerprint density at radius 2 is 1.84 bits per heavy atom. The summed E-state index contributed by atoms with van der Waals surface area (Å²) in [6, 6.07) is 16.0. The van der Waals surface area contributed by atoms with Crippen molar-refractivity contribution in [1.82, 2.24) is 0 Å². The first-order valence-electron chi connectivity index (χ1n) is 5.56. The molecule has 19 heavy (non-hydrogen) atoms. The number of nitrogens with zero attached hydrogens (tertiary/aromatic N) is 2. The molecule has 5 heteroatoms. The van der Waals surface area contributed by atoms with Crippen LogP contribution in [0.4, 0.5) is 5.69 Å². The SMILES string of the molecule is N#Cc1ccccc1CSc1ccc([N+](=O)[O-])cc1. The molecule has 2 aromatic carbocycles. The van der Waals surface area contributed by atoms with Crippen molar-refractivity contribution < 1.29 is 4.92 Å². The zero-order valence-electron chi connectivity index (χ0n) is 9.95. The fourth-order valence-electron chi connectivity index (χ4n) is 1.58. The normalized spacial score (nSPS) is 9.84. The summed E-state index contributed by atoms with van der Waals surface area (Å²) in [5.41, 5.74) is 1.71. The summed E-state index contributed by atoms with van der Waals surface area (Å²) in [6.07, 6.45) is 0. The van der Waals surface area contributed by atoms with Crippen LogP contribution in [0.1, 0.15) is 11.1 Å². The van der Waals surface area contributed by atoms with E-state index in [0.29, 0.717) is 11.3 Å². The summed E-state index contributed by atoms with van der Waals surface area (Å²) in [7, 11) is 0. The Balaban J connectivity index is 2.06. The van der Waals surface area contributed by atoms with Crippen molar-refractivity contribution >= 4 is 17.4 Å². The Hall–Kier alpha value is -2.32. The van der Waals surface area contributed by atoms with E-state index in [9.17, 15) is 10.1 Å². The minimum atomic E-state index is -0.417. The third kappa shape index (κ3) is 3.33. The minimum Gasteiger partial charge on any atom is -0.258 e. The Labute approximate surface area is 114 Å². The number of hydrogen-bond acceptors (Lipinski definition) is 4. The van der Waals surface area contributed by atoms with Gasteiger partial charge in [-0.25, -0.2) is 0 Å². The van der Waals surface area contributed by atoms with E-state index < -0.39 is 4.92 Å². The van der Waals surface area contributed by atoms with Crippen molar-refractivity contribution in [2.45, 2.75) is 10.6 Å². The van der Waals surface area contributed by atoms with Gasteiger partial charge in [0.15, 0.2) is 0 Å². The second-order valence-electron chi connectivity index (χ2n) is 3.81. The summed E-state index contributed by atoms with van der Waals surface area (Å²) >= 11 is 1.55. The van der Waals surface area contributed by atoms with E-state index in [1.54, 1.807) is 30.0 Å². The second kappa shape index (κ2) is 6.03. The molecule has 0 atom stereocenters. The lowest BCUT2D eigenvalue weighted by Crippen LogP contribution is -1.88. The van der Waals surface area contributed by atoms with Crippen LogP contribution in [0, 0.1) is 21.4 Å². The van der Waals surface area contributed by atoms with Crippen LogP contribution in [0.2, 0.25) is 0 Å². The van der Waals surface area contributed by atoms with Crippen LogP contribution in [0.25, 0.3) is 0 Å². The molecule has 0 N–H and O–H groups in total. The molecule has 2 aromatic rings. The summed E-state index contributed by atoms with van der Waals surface area (Å²) in [5.74, 6) is 0.668. The van der Waals surface area contributed by atoms with Crippen molar-refractivity contribution in [2.24, 2.45) is 0 Å². The van der Waals surface area contributed by atoms with Gasteiger partial charge in [-0.3, -0.25) is 10.1 Å². The van der Waals surface area contributed by atoms with Crippen molar-refractivity contribution in [2.75, 3.05) is 0 Å². The van der Waals surface area contributed by atoms with Crippen LogP contribution < -0.4 is 0 Å². The molecule has 0 amide bonds. The van der Waals surface area contributed by atoms with Crippen molar-refractivity contribution in [1.29, 1.82) is 5.26 Å². The third-order valence-electron chi connectivity index (χ3n) is 2.58. The van der Waals surface area contributed by atoms with Gasteiger partial charge in [0.25, 0.3) is 5.69 Å². The highest BCUT2D eigenvalue weighted by Crippen LogP contribution is 2.25. The number of thioether (sulfide) groups is 1. The topological polar surface area (TPSA) is 66.9 Å². The molecule has 0 fully saturated rings. The highest BCUT2D eigenvalue weighted by Gasteiger charge is 2.05. The molecular weight excluding hydrogens is 260 g/mol. The van der Waals surface area contributed by atoms with Gasteiger partial charge in [-0.15, -0.1) is 11.8 Å². The molecule has 0 saturated heterocycles. The molecule has 0 bridgehead atoms. The van der Waals surface area contributed by atoms with Gasteiger partial charge in [0.05, 0.1) is 16.6 Å². The van der Waals surface area contributed by atoms with E-state index in [2.05, 4.69) is 6.07 Å². The van der Waals surface area contributed by atoms with Gasteiger partial charge in [-0.2, -0.15) is 5.26 Å². The minimum absolute atomic E-state index is 0.0850. The maximum Gasteiger partial charge on any atom is 0.269 e. The number of nitro groups is 1. The van der Waals surface area contributed by atoms with Crippen LogP contribution in [0.3, 0.4) is 0 Å². The highest BCUT2D eigenvalue weighted by molar-refractivity contribution is 7.98. The highest BCUT2D eigenvalue weighted by atomic mass is 32.2. The molecule has 0 radical (unpaired) electrons. The van der Waals surface area contributed by atoms with Crippen molar-refractivity contribution in [3.63, 3.8) is 0 Å². The lowest BCUT2D eigenvalue weighted by atomic mass is 10.1. The van der Waals surface area contributed by atoms with E-state index in [1.165, 1.54) is 12.1 Å². The Morgan fingerprint density at radius 1 is 1.16 bits per heavy atom. The van der Waals surface area contributed by atoms with E-state index in [0.717, 1.165) is 10.5 Å². The van der Waals surface area contributed by atoms with Crippen molar-refractivity contribution in [3.05, 3.63) is 69.8 Å². The van der Waals surface area contributed by atoms with Crippen LogP contribution in [-0.2, 0) is 5.75 Å². The number of hydrogen-bond donors (Lipinski definition) is 0. The van der Waals surface area contributed by atoms with Crippen molar-refractivity contribution in [3.8, 4) is 6.07 Å². The average molecular weight is 270 g/mol. The Bertz CT molecular complexity index is 633. The number of rotatable bonds is 4. The standard InChI is InChI=1S/C14H10N2O2S/c15-9-11-3-1-2-4-12(11)10-19-14-7-5-13(6-8-14)16(17)18/h1-8H,10H2. The predicted molar refractivity (Wildman–Crippen MR) is 73.8 cm³/mol. The number of non-ortho nitro benzene ring substituents is 1. The van der Waals surface area contributed by atoms with Gasteiger partial charge >= 0.3 is 0 Å². The Kier molecular flexibility index (Phi) is 4.16. The van der Waals surface area contributed by atoms with Gasteiger partial charge in [0, 0.05) is 22.8 Å². The number of nitriles is 1. The molecule has 0 aromatic heterocycles.